The smallest absolute Gasteiger partial charge is 0.303 e. The number of carboxylic acids is 1. The monoisotopic (exact) mass is 283 g/mol. The van der Waals surface area contributed by atoms with E-state index >= 15 is 0 Å². The summed E-state index contributed by atoms with van der Waals surface area (Å²) in [5.41, 5.74) is 1.46. The van der Waals surface area contributed by atoms with E-state index in [0.29, 0.717) is 23.6 Å². The number of rotatable bonds is 7. The van der Waals surface area contributed by atoms with Gasteiger partial charge in [-0.2, -0.15) is 0 Å². The van der Waals surface area contributed by atoms with Crippen LogP contribution in [0.15, 0.2) is 18.2 Å². The van der Waals surface area contributed by atoms with E-state index in [2.05, 4.69) is 5.32 Å². The van der Waals surface area contributed by atoms with Gasteiger partial charge in [0.1, 0.15) is 0 Å². The molecule has 0 aliphatic rings. The fraction of sp³-hybridized carbons (Fsp3) is 0.429. The molecular weight excluding hydrogens is 266 g/mol. The minimum atomic E-state index is -0.777. The SMILES string of the molecule is Cc1cc(Cl)ccc1C(=O)NCCCCCC(=O)O. The molecule has 1 amide bonds. The summed E-state index contributed by atoms with van der Waals surface area (Å²) in [5, 5.41) is 11.9. The van der Waals surface area contributed by atoms with Crippen molar-refractivity contribution in [2.45, 2.75) is 32.6 Å². The molecule has 1 aromatic rings. The quantitative estimate of drug-likeness (QED) is 0.756. The lowest BCUT2D eigenvalue weighted by molar-refractivity contribution is -0.137. The highest BCUT2D eigenvalue weighted by Crippen LogP contribution is 2.15. The summed E-state index contributed by atoms with van der Waals surface area (Å²) in [6.07, 6.45) is 2.41. The third-order valence-electron chi connectivity index (χ3n) is 2.79. The van der Waals surface area contributed by atoms with Gasteiger partial charge in [0, 0.05) is 23.6 Å². The number of carboxylic acid groups (broad SMARTS) is 1. The van der Waals surface area contributed by atoms with E-state index in [1.54, 1.807) is 18.2 Å². The number of hydrogen-bond donors (Lipinski definition) is 2. The first kappa shape index (κ1) is 15.5. The van der Waals surface area contributed by atoms with Crippen molar-refractivity contribution in [2.24, 2.45) is 0 Å². The zero-order chi connectivity index (χ0) is 14.3. The Kier molecular flexibility index (Phi) is 6.36. The van der Waals surface area contributed by atoms with E-state index in [0.717, 1.165) is 18.4 Å². The van der Waals surface area contributed by atoms with Crippen LogP contribution in [0, 0.1) is 6.92 Å². The molecule has 2 N–H and O–H groups in total. The maximum Gasteiger partial charge on any atom is 0.303 e. The van der Waals surface area contributed by atoms with Crippen LogP contribution in [0.4, 0.5) is 0 Å². The number of aliphatic carboxylic acids is 1. The van der Waals surface area contributed by atoms with Crippen LogP contribution in [-0.4, -0.2) is 23.5 Å². The average Bonchev–Trinajstić information content (AvgIpc) is 2.32. The number of unbranched alkanes of at least 4 members (excludes halogenated alkanes) is 2. The molecular formula is C14H18ClNO3. The molecule has 0 heterocycles. The molecule has 0 saturated heterocycles. The standard InChI is InChI=1S/C14H18ClNO3/c1-10-9-11(15)6-7-12(10)14(19)16-8-4-2-3-5-13(17)18/h6-7,9H,2-5,8H2,1H3,(H,16,19)(H,17,18). The Morgan fingerprint density at radius 1 is 1.26 bits per heavy atom. The number of halogens is 1. The number of nitrogens with one attached hydrogen (secondary N) is 1. The van der Waals surface area contributed by atoms with Crippen molar-refractivity contribution in [3.63, 3.8) is 0 Å². The second-order valence-electron chi connectivity index (χ2n) is 4.42. The second-order valence-corrected chi connectivity index (χ2v) is 4.86. The summed E-state index contributed by atoms with van der Waals surface area (Å²) in [4.78, 5) is 22.2. The summed E-state index contributed by atoms with van der Waals surface area (Å²) < 4.78 is 0. The van der Waals surface area contributed by atoms with Gasteiger partial charge in [-0.3, -0.25) is 9.59 Å². The lowest BCUT2D eigenvalue weighted by Gasteiger charge is -2.07. The molecule has 0 bridgehead atoms. The van der Waals surface area contributed by atoms with Gasteiger partial charge in [-0.05, 0) is 43.5 Å². The molecule has 1 rings (SSSR count). The van der Waals surface area contributed by atoms with Crippen molar-refractivity contribution in [1.29, 1.82) is 0 Å². The van der Waals surface area contributed by atoms with Crippen LogP contribution in [0.3, 0.4) is 0 Å². The van der Waals surface area contributed by atoms with Crippen LogP contribution in [0.5, 0.6) is 0 Å². The van der Waals surface area contributed by atoms with Crippen molar-refractivity contribution in [1.82, 2.24) is 5.32 Å². The molecule has 0 unspecified atom stereocenters. The van der Waals surface area contributed by atoms with Crippen molar-refractivity contribution in [3.8, 4) is 0 Å². The topological polar surface area (TPSA) is 66.4 Å². The van der Waals surface area contributed by atoms with E-state index in [4.69, 9.17) is 16.7 Å². The highest BCUT2D eigenvalue weighted by atomic mass is 35.5. The van der Waals surface area contributed by atoms with Crippen LogP contribution >= 0.6 is 11.6 Å². The van der Waals surface area contributed by atoms with Crippen LogP contribution in [0.1, 0.15) is 41.6 Å². The van der Waals surface area contributed by atoms with Gasteiger partial charge in [0.05, 0.1) is 0 Å². The summed E-state index contributed by atoms with van der Waals surface area (Å²) in [5.74, 6) is -0.895. The number of benzene rings is 1. The van der Waals surface area contributed by atoms with Crippen LogP contribution in [0.25, 0.3) is 0 Å². The Balaban J connectivity index is 2.29. The zero-order valence-corrected chi connectivity index (χ0v) is 11.7. The highest BCUT2D eigenvalue weighted by molar-refractivity contribution is 6.30. The van der Waals surface area contributed by atoms with Gasteiger partial charge >= 0.3 is 5.97 Å². The fourth-order valence-electron chi connectivity index (χ4n) is 1.76. The molecule has 0 aromatic heterocycles. The summed E-state index contributed by atoms with van der Waals surface area (Å²) in [6, 6.07) is 5.15. The first-order valence-electron chi connectivity index (χ1n) is 6.27. The van der Waals surface area contributed by atoms with E-state index < -0.39 is 5.97 Å². The van der Waals surface area contributed by atoms with Crippen molar-refractivity contribution in [3.05, 3.63) is 34.3 Å². The van der Waals surface area contributed by atoms with Gasteiger partial charge in [-0.1, -0.05) is 18.0 Å². The molecule has 104 valence electrons. The van der Waals surface area contributed by atoms with Crippen molar-refractivity contribution in [2.75, 3.05) is 6.54 Å². The van der Waals surface area contributed by atoms with Crippen molar-refractivity contribution < 1.29 is 14.7 Å². The predicted molar refractivity (Wildman–Crippen MR) is 74.6 cm³/mol. The van der Waals surface area contributed by atoms with Gasteiger partial charge in [-0.15, -0.1) is 0 Å². The van der Waals surface area contributed by atoms with E-state index in [-0.39, 0.29) is 12.3 Å². The minimum Gasteiger partial charge on any atom is -0.481 e. The zero-order valence-electron chi connectivity index (χ0n) is 10.9. The minimum absolute atomic E-state index is 0.118. The van der Waals surface area contributed by atoms with Crippen LogP contribution < -0.4 is 5.32 Å². The average molecular weight is 284 g/mol. The summed E-state index contributed by atoms with van der Waals surface area (Å²) in [7, 11) is 0. The molecule has 0 aliphatic heterocycles. The molecule has 1 aromatic carbocycles. The van der Waals surface area contributed by atoms with Gasteiger partial charge < -0.3 is 10.4 Å². The second kappa shape index (κ2) is 7.79. The predicted octanol–water partition coefficient (Wildman–Crippen LogP) is 3.02. The molecule has 4 nitrogen and oxygen atoms in total. The molecule has 0 saturated carbocycles. The molecule has 0 spiro atoms. The lowest BCUT2D eigenvalue weighted by Crippen LogP contribution is -2.25. The third kappa shape index (κ3) is 5.75. The molecule has 0 radical (unpaired) electrons. The fourth-order valence-corrected chi connectivity index (χ4v) is 1.98. The maximum atomic E-state index is 11.9. The highest BCUT2D eigenvalue weighted by Gasteiger charge is 2.08. The van der Waals surface area contributed by atoms with E-state index in [1.165, 1.54) is 0 Å². The third-order valence-corrected chi connectivity index (χ3v) is 3.02. The Labute approximate surface area is 117 Å². The normalized spacial score (nSPS) is 10.2. The lowest BCUT2D eigenvalue weighted by atomic mass is 10.1. The Morgan fingerprint density at radius 3 is 2.63 bits per heavy atom. The number of aryl methyl sites for hydroxylation is 1. The maximum absolute atomic E-state index is 11.9. The molecule has 5 heteroatoms. The summed E-state index contributed by atoms with van der Waals surface area (Å²) >= 11 is 5.83. The molecule has 19 heavy (non-hydrogen) atoms. The summed E-state index contributed by atoms with van der Waals surface area (Å²) in [6.45, 7) is 2.40. The number of carbonyl (C=O) groups excluding carboxylic acids is 1. The van der Waals surface area contributed by atoms with Gasteiger partial charge in [0.2, 0.25) is 0 Å². The Bertz CT molecular complexity index is 460. The van der Waals surface area contributed by atoms with Gasteiger partial charge in [0.15, 0.2) is 0 Å². The molecule has 0 fully saturated rings. The van der Waals surface area contributed by atoms with E-state index in [1.807, 2.05) is 6.92 Å². The number of carbonyl (C=O) groups is 2. The molecule has 0 atom stereocenters. The number of hydrogen-bond acceptors (Lipinski definition) is 2. The van der Waals surface area contributed by atoms with Gasteiger partial charge in [-0.25, -0.2) is 0 Å². The largest absolute Gasteiger partial charge is 0.481 e. The van der Waals surface area contributed by atoms with E-state index in [9.17, 15) is 9.59 Å². The van der Waals surface area contributed by atoms with Crippen LogP contribution in [0.2, 0.25) is 5.02 Å². The Hall–Kier alpha value is -1.55. The molecule has 0 aliphatic carbocycles. The first-order valence-corrected chi connectivity index (χ1v) is 6.64. The number of amides is 1. The first-order chi connectivity index (χ1) is 9.00. The Morgan fingerprint density at radius 2 is 2.00 bits per heavy atom. The van der Waals surface area contributed by atoms with Crippen LogP contribution in [-0.2, 0) is 4.79 Å². The van der Waals surface area contributed by atoms with Gasteiger partial charge in [0.25, 0.3) is 5.91 Å². The van der Waals surface area contributed by atoms with Crippen molar-refractivity contribution >= 4 is 23.5 Å².